The van der Waals surface area contributed by atoms with Crippen LogP contribution in [0.4, 0.5) is 13.2 Å². The molecule has 0 amide bonds. The zero-order valence-corrected chi connectivity index (χ0v) is 16.4. The van der Waals surface area contributed by atoms with Gasteiger partial charge in [0, 0.05) is 23.4 Å². The Kier molecular flexibility index (Phi) is 5.86. The van der Waals surface area contributed by atoms with E-state index in [1.165, 1.54) is 6.07 Å². The first-order valence-corrected chi connectivity index (χ1v) is 9.90. The van der Waals surface area contributed by atoms with Gasteiger partial charge in [0.1, 0.15) is 5.82 Å². The first-order valence-electron chi connectivity index (χ1n) is 8.37. The number of aromatic nitrogens is 2. The van der Waals surface area contributed by atoms with Crippen LogP contribution in [-0.2, 0) is 13.2 Å². The van der Waals surface area contributed by atoms with Crippen LogP contribution in [0.2, 0.25) is 5.02 Å². The summed E-state index contributed by atoms with van der Waals surface area (Å²) in [6.07, 6.45) is -2.38. The van der Waals surface area contributed by atoms with E-state index in [0.717, 1.165) is 29.0 Å². The highest BCUT2D eigenvalue weighted by molar-refractivity contribution is 7.99. The number of benzene rings is 2. The SMILES string of the molecule is CCSC/C(=C\c1ccc(Cl)cc1)c1nc2cc(C(F)(F)F)ccc2n1C. The topological polar surface area (TPSA) is 17.8 Å². The molecule has 7 heteroatoms. The van der Waals surface area contributed by atoms with Gasteiger partial charge in [0.25, 0.3) is 0 Å². The second-order valence-corrected chi connectivity index (χ2v) is 7.76. The molecule has 2 aromatic carbocycles. The molecular formula is C20H18ClF3N2S. The van der Waals surface area contributed by atoms with Gasteiger partial charge in [-0.25, -0.2) is 4.98 Å². The average Bonchev–Trinajstić information content (AvgIpc) is 2.96. The van der Waals surface area contributed by atoms with E-state index in [1.54, 1.807) is 11.8 Å². The summed E-state index contributed by atoms with van der Waals surface area (Å²) in [5.74, 6) is 2.31. The van der Waals surface area contributed by atoms with Gasteiger partial charge in [0.15, 0.2) is 0 Å². The standard InChI is InChI=1S/C20H18ClF3N2S/c1-3-27-12-14(10-13-4-7-16(21)8-5-13)19-25-17-11-15(20(22,23)24)6-9-18(17)26(19)2/h4-11H,3,12H2,1-2H3/b14-10+. The van der Waals surface area contributed by atoms with Crippen LogP contribution in [-0.4, -0.2) is 21.1 Å². The van der Waals surface area contributed by atoms with Crippen LogP contribution in [0, 0.1) is 0 Å². The normalized spacial score (nSPS) is 12.7. The van der Waals surface area contributed by atoms with Crippen molar-refractivity contribution in [3.8, 4) is 0 Å². The van der Waals surface area contributed by atoms with Gasteiger partial charge in [0.2, 0.25) is 0 Å². The Morgan fingerprint density at radius 2 is 1.89 bits per heavy atom. The van der Waals surface area contributed by atoms with E-state index in [2.05, 4.69) is 11.9 Å². The zero-order valence-electron chi connectivity index (χ0n) is 14.8. The summed E-state index contributed by atoms with van der Waals surface area (Å²) in [5.41, 5.74) is 2.24. The highest BCUT2D eigenvalue weighted by Gasteiger charge is 2.31. The van der Waals surface area contributed by atoms with Crippen LogP contribution in [0.5, 0.6) is 0 Å². The second kappa shape index (κ2) is 7.98. The fourth-order valence-corrected chi connectivity index (χ4v) is 3.57. The maximum absolute atomic E-state index is 13.0. The van der Waals surface area contributed by atoms with E-state index < -0.39 is 11.7 Å². The van der Waals surface area contributed by atoms with Crippen molar-refractivity contribution in [3.05, 3.63) is 64.4 Å². The van der Waals surface area contributed by atoms with E-state index >= 15 is 0 Å². The summed E-state index contributed by atoms with van der Waals surface area (Å²) >= 11 is 7.68. The third-order valence-electron chi connectivity index (χ3n) is 4.17. The fraction of sp³-hybridized carbons (Fsp3) is 0.250. The lowest BCUT2D eigenvalue weighted by atomic mass is 10.1. The van der Waals surface area contributed by atoms with Crippen molar-refractivity contribution in [1.29, 1.82) is 0 Å². The molecule has 0 atom stereocenters. The summed E-state index contributed by atoms with van der Waals surface area (Å²) in [4.78, 5) is 4.51. The maximum Gasteiger partial charge on any atom is 0.416 e. The summed E-state index contributed by atoms with van der Waals surface area (Å²) in [6.45, 7) is 2.06. The molecule has 0 spiro atoms. The fourth-order valence-electron chi connectivity index (χ4n) is 2.81. The Morgan fingerprint density at radius 1 is 1.19 bits per heavy atom. The monoisotopic (exact) mass is 410 g/mol. The number of nitrogens with zero attached hydrogens (tertiary/aromatic N) is 2. The van der Waals surface area contributed by atoms with Crippen molar-refractivity contribution in [1.82, 2.24) is 9.55 Å². The van der Waals surface area contributed by atoms with E-state index in [0.29, 0.717) is 27.6 Å². The number of imidazole rings is 1. The summed E-state index contributed by atoms with van der Waals surface area (Å²) in [7, 11) is 1.82. The quantitative estimate of drug-likeness (QED) is 0.475. The molecular weight excluding hydrogens is 393 g/mol. The highest BCUT2D eigenvalue weighted by atomic mass is 35.5. The molecule has 0 aliphatic carbocycles. The predicted octanol–water partition coefficient (Wildman–Crippen LogP) is 6.54. The molecule has 27 heavy (non-hydrogen) atoms. The van der Waals surface area contributed by atoms with Crippen LogP contribution >= 0.6 is 23.4 Å². The molecule has 0 aliphatic rings. The van der Waals surface area contributed by atoms with Crippen molar-refractivity contribution >= 4 is 46.0 Å². The van der Waals surface area contributed by atoms with E-state index in [-0.39, 0.29) is 0 Å². The summed E-state index contributed by atoms with van der Waals surface area (Å²) in [5, 5.41) is 0.652. The van der Waals surface area contributed by atoms with Gasteiger partial charge in [-0.1, -0.05) is 30.7 Å². The van der Waals surface area contributed by atoms with Crippen molar-refractivity contribution in [2.75, 3.05) is 11.5 Å². The lowest BCUT2D eigenvalue weighted by Crippen LogP contribution is -2.04. The number of halogens is 4. The average molecular weight is 411 g/mol. The molecule has 1 heterocycles. The molecule has 0 N–H and O–H groups in total. The number of aryl methyl sites for hydroxylation is 1. The first-order chi connectivity index (χ1) is 12.8. The van der Waals surface area contributed by atoms with Crippen LogP contribution in [0.1, 0.15) is 23.9 Å². The molecule has 2 nitrogen and oxygen atoms in total. The molecule has 3 rings (SSSR count). The van der Waals surface area contributed by atoms with Gasteiger partial charge in [-0.2, -0.15) is 24.9 Å². The van der Waals surface area contributed by atoms with Gasteiger partial charge >= 0.3 is 6.18 Å². The van der Waals surface area contributed by atoms with Crippen LogP contribution in [0.3, 0.4) is 0 Å². The minimum atomic E-state index is -4.38. The Hall–Kier alpha value is -1.92. The molecule has 0 saturated carbocycles. The van der Waals surface area contributed by atoms with Crippen molar-refractivity contribution in [2.24, 2.45) is 7.05 Å². The number of fused-ring (bicyclic) bond motifs is 1. The smallest absolute Gasteiger partial charge is 0.327 e. The molecule has 0 radical (unpaired) electrons. The molecule has 0 unspecified atom stereocenters. The molecule has 0 saturated heterocycles. The van der Waals surface area contributed by atoms with Gasteiger partial charge in [-0.3, -0.25) is 0 Å². The molecule has 0 fully saturated rings. The van der Waals surface area contributed by atoms with Gasteiger partial charge in [-0.15, -0.1) is 0 Å². The first kappa shape index (κ1) is 19.8. The number of hydrogen-bond donors (Lipinski definition) is 0. The maximum atomic E-state index is 13.0. The third kappa shape index (κ3) is 4.50. The highest BCUT2D eigenvalue weighted by Crippen LogP contribution is 2.32. The van der Waals surface area contributed by atoms with Crippen LogP contribution in [0.15, 0.2) is 42.5 Å². The van der Waals surface area contributed by atoms with E-state index in [9.17, 15) is 13.2 Å². The van der Waals surface area contributed by atoms with Crippen molar-refractivity contribution in [2.45, 2.75) is 13.1 Å². The molecule has 142 valence electrons. The largest absolute Gasteiger partial charge is 0.416 e. The van der Waals surface area contributed by atoms with E-state index in [1.807, 2.05) is 42.0 Å². The Balaban J connectivity index is 2.09. The molecule has 3 aromatic rings. The van der Waals surface area contributed by atoms with Crippen LogP contribution < -0.4 is 0 Å². The Labute approximate surface area is 165 Å². The molecule has 0 aliphatic heterocycles. The zero-order chi connectivity index (χ0) is 19.6. The third-order valence-corrected chi connectivity index (χ3v) is 5.34. The summed E-state index contributed by atoms with van der Waals surface area (Å²) < 4.78 is 40.9. The summed E-state index contributed by atoms with van der Waals surface area (Å²) in [6, 6.07) is 11.1. The minimum absolute atomic E-state index is 0.339. The van der Waals surface area contributed by atoms with Crippen molar-refractivity contribution < 1.29 is 13.2 Å². The van der Waals surface area contributed by atoms with Gasteiger partial charge < -0.3 is 4.57 Å². The number of hydrogen-bond acceptors (Lipinski definition) is 2. The predicted molar refractivity (Wildman–Crippen MR) is 108 cm³/mol. The van der Waals surface area contributed by atoms with Crippen LogP contribution in [0.25, 0.3) is 22.7 Å². The minimum Gasteiger partial charge on any atom is -0.327 e. The number of rotatable bonds is 5. The second-order valence-electron chi connectivity index (χ2n) is 6.05. The lowest BCUT2D eigenvalue weighted by Gasteiger charge is -2.08. The lowest BCUT2D eigenvalue weighted by molar-refractivity contribution is -0.137. The van der Waals surface area contributed by atoms with Gasteiger partial charge in [0.05, 0.1) is 16.6 Å². The van der Waals surface area contributed by atoms with Crippen molar-refractivity contribution in [3.63, 3.8) is 0 Å². The van der Waals surface area contributed by atoms with E-state index in [4.69, 9.17) is 11.6 Å². The Bertz CT molecular complexity index is 975. The number of alkyl halides is 3. The number of thioether (sulfide) groups is 1. The van der Waals surface area contributed by atoms with Gasteiger partial charge in [-0.05, 0) is 47.7 Å². The molecule has 1 aromatic heterocycles. The molecule has 0 bridgehead atoms. The Morgan fingerprint density at radius 3 is 2.52 bits per heavy atom.